The van der Waals surface area contributed by atoms with E-state index in [9.17, 15) is 9.18 Å². The van der Waals surface area contributed by atoms with Gasteiger partial charge in [-0.05, 0) is 41.5 Å². The average molecular weight is 327 g/mol. The van der Waals surface area contributed by atoms with Crippen LogP contribution >= 0.6 is 34.7 Å². The van der Waals surface area contributed by atoms with Crippen LogP contribution in [-0.4, -0.2) is 11.5 Å². The van der Waals surface area contributed by atoms with E-state index in [2.05, 4.69) is 0 Å². The molecule has 2 aromatic rings. The van der Waals surface area contributed by atoms with Crippen molar-refractivity contribution in [1.29, 1.82) is 0 Å². The van der Waals surface area contributed by atoms with Crippen molar-refractivity contribution in [2.45, 2.75) is 18.6 Å². The molecule has 1 nitrogen and oxygen atoms in total. The maximum absolute atomic E-state index is 13.4. The summed E-state index contributed by atoms with van der Waals surface area (Å²) in [4.78, 5) is 14.4. The van der Waals surface area contributed by atoms with Gasteiger partial charge in [-0.3, -0.25) is 4.79 Å². The van der Waals surface area contributed by atoms with Crippen molar-refractivity contribution in [3.63, 3.8) is 0 Å². The van der Waals surface area contributed by atoms with Crippen LogP contribution in [0, 0.1) is 5.82 Å². The van der Waals surface area contributed by atoms with Crippen LogP contribution in [0.1, 0.15) is 25.7 Å². The number of Topliss-reactive ketones (excluding diaryl/α,β-unsaturated/α-hetero) is 1. The lowest BCUT2D eigenvalue weighted by atomic mass is 10.1. The number of halogens is 2. The topological polar surface area (TPSA) is 17.1 Å². The first-order valence-corrected chi connectivity index (χ1v) is 8.65. The van der Waals surface area contributed by atoms with Crippen molar-refractivity contribution in [2.75, 3.05) is 5.75 Å². The Morgan fingerprint density at radius 2 is 2.20 bits per heavy atom. The quantitative estimate of drug-likeness (QED) is 0.757. The predicted molar refractivity (Wildman–Crippen MR) is 83.6 cm³/mol. The third-order valence-electron chi connectivity index (χ3n) is 3.25. The molecule has 0 spiro atoms. The largest absolute Gasteiger partial charge is 0.293 e. The van der Waals surface area contributed by atoms with Crippen molar-refractivity contribution in [2.24, 2.45) is 0 Å². The lowest BCUT2D eigenvalue weighted by Gasteiger charge is -2.08. The Morgan fingerprint density at radius 3 is 2.95 bits per heavy atom. The smallest absolute Gasteiger partial charge is 0.177 e. The number of thioether (sulfide) groups is 1. The minimum atomic E-state index is -0.473. The van der Waals surface area contributed by atoms with Crippen LogP contribution in [0.3, 0.4) is 0 Å². The van der Waals surface area contributed by atoms with E-state index in [1.807, 2.05) is 17.8 Å². The molecule has 1 aliphatic heterocycles. The van der Waals surface area contributed by atoms with Crippen LogP contribution in [-0.2, 0) is 18.6 Å². The Balaban J connectivity index is 1.78. The molecule has 0 unspecified atom stereocenters. The van der Waals surface area contributed by atoms with Gasteiger partial charge in [0.25, 0.3) is 0 Å². The first kappa shape index (κ1) is 14.1. The third-order valence-corrected chi connectivity index (χ3v) is 5.84. The highest BCUT2D eigenvalue weighted by atomic mass is 35.5. The Hall–Kier alpha value is -0.840. The Labute approximate surface area is 130 Å². The van der Waals surface area contributed by atoms with Gasteiger partial charge in [0.2, 0.25) is 0 Å². The highest BCUT2D eigenvalue weighted by Gasteiger charge is 2.18. The van der Waals surface area contributed by atoms with Crippen LogP contribution in [0.5, 0.6) is 0 Å². The van der Waals surface area contributed by atoms with Gasteiger partial charge in [0.1, 0.15) is 5.82 Å². The van der Waals surface area contributed by atoms with Gasteiger partial charge in [-0.25, -0.2) is 4.39 Å². The van der Waals surface area contributed by atoms with E-state index in [4.69, 9.17) is 11.6 Å². The molecule has 0 saturated carbocycles. The van der Waals surface area contributed by atoms with Crippen molar-refractivity contribution >= 4 is 40.5 Å². The lowest BCUT2D eigenvalue weighted by Crippen LogP contribution is -2.01. The first-order chi connectivity index (χ1) is 9.63. The number of fused-ring (bicyclic) bond motifs is 1. The molecule has 0 aliphatic carbocycles. The molecule has 1 aromatic heterocycles. The summed E-state index contributed by atoms with van der Waals surface area (Å²) < 4.78 is 13.4. The number of thiophene rings is 1. The molecule has 1 aliphatic rings. The zero-order chi connectivity index (χ0) is 14.1. The number of benzene rings is 1. The molecule has 2 heterocycles. The first-order valence-electron chi connectivity index (χ1n) is 6.30. The molecule has 5 heteroatoms. The minimum absolute atomic E-state index is 0.0520. The maximum atomic E-state index is 13.4. The zero-order valence-corrected chi connectivity index (χ0v) is 13.0. The fourth-order valence-corrected chi connectivity index (χ4v) is 4.63. The van der Waals surface area contributed by atoms with E-state index in [0.717, 1.165) is 22.8 Å². The second-order valence-corrected chi connectivity index (χ2v) is 7.36. The molecular weight excluding hydrogens is 315 g/mol. The third kappa shape index (κ3) is 2.92. The second kappa shape index (κ2) is 5.88. The van der Waals surface area contributed by atoms with E-state index < -0.39 is 5.82 Å². The van der Waals surface area contributed by atoms with Crippen molar-refractivity contribution in [3.8, 4) is 0 Å². The fourth-order valence-electron chi connectivity index (χ4n) is 2.21. The average Bonchev–Trinajstić information content (AvgIpc) is 2.87. The van der Waals surface area contributed by atoms with E-state index in [1.165, 1.54) is 22.6 Å². The van der Waals surface area contributed by atoms with Crippen LogP contribution in [0.25, 0.3) is 0 Å². The van der Waals surface area contributed by atoms with Gasteiger partial charge in [-0.1, -0.05) is 17.7 Å². The van der Waals surface area contributed by atoms with Crippen LogP contribution < -0.4 is 0 Å². The van der Waals surface area contributed by atoms with Gasteiger partial charge in [0.05, 0.1) is 9.90 Å². The zero-order valence-electron chi connectivity index (χ0n) is 10.6. The molecule has 0 bridgehead atoms. The molecule has 0 atom stereocenters. The predicted octanol–water partition coefficient (Wildman–Crippen LogP) is 4.76. The van der Waals surface area contributed by atoms with Gasteiger partial charge in [-0.2, -0.15) is 11.8 Å². The van der Waals surface area contributed by atoms with Crippen LogP contribution in [0.4, 0.5) is 4.39 Å². The molecule has 0 saturated heterocycles. The number of ketones is 1. The van der Waals surface area contributed by atoms with E-state index in [1.54, 1.807) is 17.4 Å². The molecule has 0 N–H and O–H groups in total. The molecule has 104 valence electrons. The fraction of sp³-hybridized carbons (Fsp3) is 0.267. The van der Waals surface area contributed by atoms with Gasteiger partial charge in [0, 0.05) is 17.1 Å². The number of rotatable bonds is 3. The van der Waals surface area contributed by atoms with Crippen molar-refractivity contribution < 1.29 is 9.18 Å². The molecule has 20 heavy (non-hydrogen) atoms. The summed E-state index contributed by atoms with van der Waals surface area (Å²) in [7, 11) is 0. The summed E-state index contributed by atoms with van der Waals surface area (Å²) in [5.41, 5.74) is 1.95. The van der Waals surface area contributed by atoms with E-state index in [-0.39, 0.29) is 17.2 Å². The monoisotopic (exact) mass is 326 g/mol. The Bertz CT molecular complexity index is 642. The molecule has 0 radical (unpaired) electrons. The lowest BCUT2D eigenvalue weighted by molar-refractivity contribution is 0.0996. The Kier molecular flexibility index (Phi) is 4.15. The van der Waals surface area contributed by atoms with Crippen LogP contribution in [0.15, 0.2) is 24.3 Å². The summed E-state index contributed by atoms with van der Waals surface area (Å²) in [5.74, 6) is 1.70. The summed E-state index contributed by atoms with van der Waals surface area (Å²) in [6.07, 6.45) is 1.27. The van der Waals surface area contributed by atoms with Crippen LogP contribution in [0.2, 0.25) is 5.02 Å². The maximum Gasteiger partial charge on any atom is 0.177 e. The normalized spacial score (nSPS) is 14.1. The molecule has 1 aromatic carbocycles. The van der Waals surface area contributed by atoms with Gasteiger partial charge in [0.15, 0.2) is 5.78 Å². The second-order valence-electron chi connectivity index (χ2n) is 4.71. The highest BCUT2D eigenvalue weighted by Crippen LogP contribution is 2.32. The van der Waals surface area contributed by atoms with E-state index in [0.29, 0.717) is 5.56 Å². The highest BCUT2D eigenvalue weighted by molar-refractivity contribution is 7.98. The summed E-state index contributed by atoms with van der Waals surface area (Å²) in [5, 5.41) is 0.0878. The summed E-state index contributed by atoms with van der Waals surface area (Å²) in [6, 6.07) is 6.53. The van der Waals surface area contributed by atoms with E-state index >= 15 is 0 Å². The van der Waals surface area contributed by atoms with Gasteiger partial charge >= 0.3 is 0 Å². The standard InChI is InChI=1S/C15H12ClFOS2/c16-11-2-1-9(5-12(11)17)6-13(18)15-7-10-8-19-4-3-14(10)20-15/h1-2,5,7H,3-4,6,8H2. The minimum Gasteiger partial charge on any atom is -0.293 e. The summed E-state index contributed by atoms with van der Waals surface area (Å²) >= 11 is 9.13. The Morgan fingerprint density at radius 1 is 1.35 bits per heavy atom. The number of carbonyl (C=O) groups excluding carboxylic acids is 1. The summed E-state index contributed by atoms with van der Waals surface area (Å²) in [6.45, 7) is 0. The molecule has 3 rings (SSSR count). The number of carbonyl (C=O) groups is 1. The molecule has 0 amide bonds. The molecule has 0 fully saturated rings. The van der Waals surface area contributed by atoms with Gasteiger partial charge in [-0.15, -0.1) is 11.3 Å². The number of aryl methyl sites for hydroxylation is 1. The number of hydrogen-bond acceptors (Lipinski definition) is 3. The van der Waals surface area contributed by atoms with Gasteiger partial charge < -0.3 is 0 Å². The molecular formula is C15H12ClFOS2. The van der Waals surface area contributed by atoms with Crippen molar-refractivity contribution in [1.82, 2.24) is 0 Å². The number of hydrogen-bond donors (Lipinski definition) is 0. The van der Waals surface area contributed by atoms with Crippen molar-refractivity contribution in [3.05, 3.63) is 56.0 Å². The SMILES string of the molecule is O=C(Cc1ccc(Cl)c(F)c1)c1cc2c(s1)CCSC2.